The second-order valence-corrected chi connectivity index (χ2v) is 6.69. The molecule has 108 valence electrons. The van der Waals surface area contributed by atoms with E-state index in [2.05, 4.69) is 27.0 Å². The second-order valence-electron chi connectivity index (χ2n) is 4.88. The lowest BCUT2D eigenvalue weighted by molar-refractivity contribution is 0.632. The summed E-state index contributed by atoms with van der Waals surface area (Å²) in [4.78, 5) is 4.44. The number of nitrogen functional groups attached to an aromatic ring is 1. The van der Waals surface area contributed by atoms with Crippen molar-refractivity contribution in [2.75, 3.05) is 5.73 Å². The Morgan fingerprint density at radius 2 is 1.91 bits per heavy atom. The first-order valence-electron chi connectivity index (χ1n) is 6.71. The average Bonchev–Trinajstić information content (AvgIpc) is 3.11. The van der Waals surface area contributed by atoms with Crippen LogP contribution in [0.4, 0.5) is 5.13 Å². The standard InChI is InChI=1S/C17H11BrN2OS/c18-11-6-7-14-12(8-11)15(13-9-22-17(19)20-13)16(21-14)10-4-2-1-3-5-10/h1-9H,(H2,19,20). The Kier molecular flexibility index (Phi) is 3.24. The quantitative estimate of drug-likeness (QED) is 0.501. The number of fused-ring (bicyclic) bond motifs is 1. The largest absolute Gasteiger partial charge is 0.455 e. The van der Waals surface area contributed by atoms with Gasteiger partial charge in [0, 0.05) is 20.8 Å². The first-order chi connectivity index (χ1) is 10.7. The number of hydrogen-bond acceptors (Lipinski definition) is 4. The molecule has 3 nitrogen and oxygen atoms in total. The van der Waals surface area contributed by atoms with Crippen LogP contribution in [0.25, 0.3) is 33.6 Å². The van der Waals surface area contributed by atoms with Gasteiger partial charge in [-0.05, 0) is 18.2 Å². The summed E-state index contributed by atoms with van der Waals surface area (Å²) < 4.78 is 7.11. The van der Waals surface area contributed by atoms with Gasteiger partial charge in [0.15, 0.2) is 5.13 Å². The molecule has 0 unspecified atom stereocenters. The van der Waals surface area contributed by atoms with Gasteiger partial charge in [-0.3, -0.25) is 0 Å². The first-order valence-corrected chi connectivity index (χ1v) is 8.38. The molecule has 0 saturated carbocycles. The Hall–Kier alpha value is -2.11. The number of nitrogens with zero attached hydrogens (tertiary/aromatic N) is 1. The van der Waals surface area contributed by atoms with Gasteiger partial charge in [0.05, 0.1) is 11.3 Å². The number of thiazole rings is 1. The molecule has 0 aliphatic rings. The van der Waals surface area contributed by atoms with Gasteiger partial charge in [0.2, 0.25) is 0 Å². The number of aromatic nitrogens is 1. The smallest absolute Gasteiger partial charge is 0.180 e. The van der Waals surface area contributed by atoms with E-state index in [1.807, 2.05) is 47.8 Å². The second kappa shape index (κ2) is 5.26. The molecule has 0 atom stereocenters. The third-order valence-corrected chi connectivity index (χ3v) is 4.63. The summed E-state index contributed by atoms with van der Waals surface area (Å²) >= 11 is 4.96. The van der Waals surface area contributed by atoms with E-state index in [0.717, 1.165) is 38.0 Å². The van der Waals surface area contributed by atoms with E-state index >= 15 is 0 Å². The molecule has 0 spiro atoms. The molecule has 4 aromatic rings. The number of anilines is 1. The van der Waals surface area contributed by atoms with Crippen molar-refractivity contribution in [2.45, 2.75) is 0 Å². The molecule has 2 aromatic heterocycles. The zero-order valence-electron chi connectivity index (χ0n) is 11.4. The van der Waals surface area contributed by atoms with Gasteiger partial charge < -0.3 is 10.2 Å². The SMILES string of the molecule is Nc1nc(-c2c(-c3ccccc3)oc3ccc(Br)cc23)cs1. The molecule has 2 N–H and O–H groups in total. The highest BCUT2D eigenvalue weighted by molar-refractivity contribution is 9.10. The topological polar surface area (TPSA) is 52.0 Å². The van der Waals surface area contributed by atoms with Crippen LogP contribution in [0.2, 0.25) is 0 Å². The Bertz CT molecular complexity index is 959. The van der Waals surface area contributed by atoms with Crippen LogP contribution in [0.15, 0.2) is 62.8 Å². The molecule has 5 heteroatoms. The van der Waals surface area contributed by atoms with Crippen molar-refractivity contribution in [3.05, 3.63) is 58.4 Å². The molecule has 0 fully saturated rings. The lowest BCUT2D eigenvalue weighted by atomic mass is 10.0. The third-order valence-electron chi connectivity index (χ3n) is 3.46. The fourth-order valence-corrected chi connectivity index (χ4v) is 3.43. The van der Waals surface area contributed by atoms with Crippen LogP contribution in [0.3, 0.4) is 0 Å². The van der Waals surface area contributed by atoms with E-state index in [0.29, 0.717) is 5.13 Å². The van der Waals surface area contributed by atoms with Gasteiger partial charge >= 0.3 is 0 Å². The molecular weight excluding hydrogens is 360 g/mol. The lowest BCUT2D eigenvalue weighted by Crippen LogP contribution is -1.84. The molecule has 22 heavy (non-hydrogen) atoms. The van der Waals surface area contributed by atoms with E-state index in [1.54, 1.807) is 0 Å². The predicted molar refractivity (Wildman–Crippen MR) is 94.9 cm³/mol. The number of nitrogens with two attached hydrogens (primary N) is 1. The molecule has 0 aliphatic heterocycles. The minimum Gasteiger partial charge on any atom is -0.455 e. The molecule has 0 bridgehead atoms. The van der Waals surface area contributed by atoms with Gasteiger partial charge in [-0.2, -0.15) is 0 Å². The fraction of sp³-hybridized carbons (Fsp3) is 0. The Labute approximate surface area is 139 Å². The van der Waals surface area contributed by atoms with Gasteiger partial charge in [0.25, 0.3) is 0 Å². The summed E-state index contributed by atoms with van der Waals surface area (Å²) in [5.74, 6) is 0.819. The van der Waals surface area contributed by atoms with Crippen molar-refractivity contribution < 1.29 is 4.42 Å². The fourth-order valence-electron chi connectivity index (χ4n) is 2.52. The minimum atomic E-state index is 0.554. The zero-order chi connectivity index (χ0) is 15.1. The third kappa shape index (κ3) is 2.23. The van der Waals surface area contributed by atoms with E-state index < -0.39 is 0 Å². The maximum Gasteiger partial charge on any atom is 0.180 e. The van der Waals surface area contributed by atoms with Crippen LogP contribution >= 0.6 is 27.3 Å². The molecule has 0 saturated heterocycles. The van der Waals surface area contributed by atoms with E-state index in [9.17, 15) is 0 Å². The maximum atomic E-state index is 6.11. The van der Waals surface area contributed by atoms with Crippen LogP contribution in [-0.4, -0.2) is 4.98 Å². The monoisotopic (exact) mass is 370 g/mol. The van der Waals surface area contributed by atoms with Crippen LogP contribution in [0, 0.1) is 0 Å². The molecule has 4 rings (SSSR count). The van der Waals surface area contributed by atoms with Crippen molar-refractivity contribution in [3.63, 3.8) is 0 Å². The summed E-state index contributed by atoms with van der Waals surface area (Å²) in [5, 5.41) is 3.55. The van der Waals surface area contributed by atoms with E-state index in [1.165, 1.54) is 11.3 Å². The van der Waals surface area contributed by atoms with Crippen LogP contribution in [0.1, 0.15) is 0 Å². The Morgan fingerprint density at radius 3 is 2.64 bits per heavy atom. The highest BCUT2D eigenvalue weighted by atomic mass is 79.9. The molecule has 0 amide bonds. The van der Waals surface area contributed by atoms with Crippen molar-refractivity contribution in [1.82, 2.24) is 4.98 Å². The maximum absolute atomic E-state index is 6.11. The van der Waals surface area contributed by atoms with E-state index in [-0.39, 0.29) is 0 Å². The molecule has 0 aliphatic carbocycles. The average molecular weight is 371 g/mol. The first kappa shape index (κ1) is 13.5. The van der Waals surface area contributed by atoms with Crippen molar-refractivity contribution in [2.24, 2.45) is 0 Å². The molecule has 2 heterocycles. The minimum absolute atomic E-state index is 0.554. The normalized spacial score (nSPS) is 11.1. The number of rotatable bonds is 2. The van der Waals surface area contributed by atoms with Crippen molar-refractivity contribution in [1.29, 1.82) is 0 Å². The predicted octanol–water partition coefficient (Wildman–Crippen LogP) is 5.57. The van der Waals surface area contributed by atoms with Gasteiger partial charge in [-0.15, -0.1) is 11.3 Å². The summed E-state index contributed by atoms with van der Waals surface area (Å²) in [6.45, 7) is 0. The highest BCUT2D eigenvalue weighted by Crippen LogP contribution is 2.42. The van der Waals surface area contributed by atoms with Gasteiger partial charge in [0.1, 0.15) is 11.3 Å². The number of halogens is 1. The lowest BCUT2D eigenvalue weighted by Gasteiger charge is -2.00. The number of hydrogen-bond donors (Lipinski definition) is 1. The van der Waals surface area contributed by atoms with Crippen molar-refractivity contribution >= 4 is 43.4 Å². The van der Waals surface area contributed by atoms with Gasteiger partial charge in [-0.1, -0.05) is 46.3 Å². The van der Waals surface area contributed by atoms with E-state index in [4.69, 9.17) is 10.2 Å². The summed E-state index contributed by atoms with van der Waals surface area (Å²) in [6.07, 6.45) is 0. The molecular formula is C17H11BrN2OS. The number of benzene rings is 2. The van der Waals surface area contributed by atoms with Crippen LogP contribution in [-0.2, 0) is 0 Å². The summed E-state index contributed by atoms with van der Waals surface area (Å²) in [7, 11) is 0. The summed E-state index contributed by atoms with van der Waals surface area (Å²) in [5.41, 5.74) is 9.50. The Morgan fingerprint density at radius 1 is 1.09 bits per heavy atom. The Balaban J connectivity index is 2.08. The molecule has 2 aromatic carbocycles. The van der Waals surface area contributed by atoms with Crippen LogP contribution < -0.4 is 5.73 Å². The van der Waals surface area contributed by atoms with Crippen LogP contribution in [0.5, 0.6) is 0 Å². The van der Waals surface area contributed by atoms with Crippen molar-refractivity contribution in [3.8, 4) is 22.6 Å². The van der Waals surface area contributed by atoms with Gasteiger partial charge in [-0.25, -0.2) is 4.98 Å². The number of furan rings is 1. The zero-order valence-corrected chi connectivity index (χ0v) is 13.8. The summed E-state index contributed by atoms with van der Waals surface area (Å²) in [6, 6.07) is 16.0. The highest BCUT2D eigenvalue weighted by Gasteiger charge is 2.19. The molecule has 0 radical (unpaired) electrons.